The SMILES string of the molecule is C.CC1(C)CO1.CCOC(=O)c1cnn2cc(O)ccc12.CCOC(=O)c1cnn2cc(OCC(C)(C)O)ccc12. The number of pyridine rings is 2. The highest BCUT2D eigenvalue weighted by Gasteiger charge is 2.32. The van der Waals surface area contributed by atoms with Crippen molar-refractivity contribution in [1.29, 1.82) is 0 Å². The number of ether oxygens (including phenoxy) is 4. The lowest BCUT2D eigenvalue weighted by Gasteiger charge is -2.17. The van der Waals surface area contributed by atoms with Gasteiger partial charge < -0.3 is 29.2 Å². The number of nitrogens with zero attached hydrogens (tertiary/aromatic N) is 4. The molecule has 1 fully saturated rings. The molecule has 0 radical (unpaired) electrons. The van der Waals surface area contributed by atoms with Crippen LogP contribution in [0.4, 0.5) is 0 Å². The van der Waals surface area contributed by atoms with Crippen LogP contribution in [-0.2, 0) is 14.2 Å². The Bertz CT molecular complexity index is 1450. The number of carbonyl (C=O) groups is 2. The monoisotopic (exact) mass is 572 g/mol. The van der Waals surface area contributed by atoms with Crippen molar-refractivity contribution in [2.45, 2.75) is 60.2 Å². The van der Waals surface area contributed by atoms with Crippen LogP contribution in [-0.4, -0.2) is 79.0 Å². The fourth-order valence-electron chi connectivity index (χ4n) is 3.16. The Labute approximate surface area is 239 Å². The van der Waals surface area contributed by atoms with Crippen LogP contribution in [0.15, 0.2) is 49.1 Å². The van der Waals surface area contributed by atoms with E-state index in [0.717, 1.165) is 6.61 Å². The average Bonchev–Trinajstić information content (AvgIpc) is 3.27. The van der Waals surface area contributed by atoms with Crippen LogP contribution in [0.1, 0.15) is 69.7 Å². The average molecular weight is 573 g/mol. The molecule has 1 aliphatic heterocycles. The summed E-state index contributed by atoms with van der Waals surface area (Å²) in [5.74, 6) is -0.134. The molecular formula is C29H40N4O8. The molecule has 4 aromatic heterocycles. The number of aromatic nitrogens is 4. The lowest BCUT2D eigenvalue weighted by Crippen LogP contribution is -2.27. The summed E-state index contributed by atoms with van der Waals surface area (Å²) in [6.07, 6.45) is 5.97. The van der Waals surface area contributed by atoms with Crippen LogP contribution in [0, 0.1) is 0 Å². The second-order valence-corrected chi connectivity index (χ2v) is 10.1. The minimum Gasteiger partial charge on any atom is -0.506 e. The van der Waals surface area contributed by atoms with Crippen LogP contribution in [0.2, 0.25) is 0 Å². The van der Waals surface area contributed by atoms with Gasteiger partial charge in [0.25, 0.3) is 0 Å². The van der Waals surface area contributed by atoms with Crippen molar-refractivity contribution in [2.24, 2.45) is 0 Å². The zero-order valence-corrected chi connectivity index (χ0v) is 23.6. The first-order valence-electron chi connectivity index (χ1n) is 12.8. The summed E-state index contributed by atoms with van der Waals surface area (Å²) in [7, 11) is 0. The number of hydrogen-bond acceptors (Lipinski definition) is 10. The van der Waals surface area contributed by atoms with Crippen LogP contribution in [0.25, 0.3) is 11.0 Å². The Morgan fingerprint density at radius 3 is 1.85 bits per heavy atom. The number of hydrogen-bond donors (Lipinski definition) is 2. The summed E-state index contributed by atoms with van der Waals surface area (Å²) >= 11 is 0. The molecule has 0 spiro atoms. The number of fused-ring (bicyclic) bond motifs is 2. The number of esters is 2. The standard InChI is InChI=1S/C14H18N2O4.C10H10N2O3.C4H8O.CH4/c1-4-19-13(17)11-7-15-16-8-10(5-6-12(11)16)20-9-14(2,3)18;1-2-15-10(14)8-5-11-12-6-7(13)3-4-9(8)12;1-4(2)3-5-4;/h5-8,18H,4,9H2,1-3H3;3-6,13H,2H2,1H3;3H2,1-2H3;1H4. The van der Waals surface area contributed by atoms with Gasteiger partial charge in [-0.3, -0.25) is 0 Å². The van der Waals surface area contributed by atoms with Gasteiger partial charge in [0.1, 0.15) is 29.2 Å². The first-order valence-corrected chi connectivity index (χ1v) is 12.8. The van der Waals surface area contributed by atoms with Crippen molar-refractivity contribution in [3.8, 4) is 11.5 Å². The summed E-state index contributed by atoms with van der Waals surface area (Å²) in [5.41, 5.74) is 1.43. The molecular weight excluding hydrogens is 532 g/mol. The molecule has 0 unspecified atom stereocenters. The highest BCUT2D eigenvalue weighted by Crippen LogP contribution is 2.23. The maximum atomic E-state index is 11.7. The highest BCUT2D eigenvalue weighted by molar-refractivity contribution is 5.97. The van der Waals surface area contributed by atoms with E-state index in [2.05, 4.69) is 24.0 Å². The molecule has 0 saturated carbocycles. The second-order valence-electron chi connectivity index (χ2n) is 10.1. The molecule has 2 N–H and O–H groups in total. The summed E-state index contributed by atoms with van der Waals surface area (Å²) in [4.78, 5) is 23.2. The van der Waals surface area contributed by atoms with Crippen molar-refractivity contribution in [2.75, 3.05) is 26.4 Å². The maximum absolute atomic E-state index is 11.7. The smallest absolute Gasteiger partial charge is 0.341 e. The van der Waals surface area contributed by atoms with E-state index in [9.17, 15) is 19.8 Å². The topological polar surface area (TPSA) is 149 Å². The molecule has 41 heavy (non-hydrogen) atoms. The predicted octanol–water partition coefficient (Wildman–Crippen LogP) is 4.31. The van der Waals surface area contributed by atoms with Gasteiger partial charge in [0, 0.05) is 0 Å². The van der Waals surface area contributed by atoms with E-state index >= 15 is 0 Å². The van der Waals surface area contributed by atoms with Crippen molar-refractivity contribution in [1.82, 2.24) is 19.2 Å². The first kappa shape index (κ1) is 33.0. The van der Waals surface area contributed by atoms with E-state index < -0.39 is 17.5 Å². The minimum absolute atomic E-state index is 0. The summed E-state index contributed by atoms with van der Waals surface area (Å²) in [6, 6.07) is 6.58. The largest absolute Gasteiger partial charge is 0.506 e. The van der Waals surface area contributed by atoms with E-state index in [1.54, 1.807) is 56.6 Å². The summed E-state index contributed by atoms with van der Waals surface area (Å²) in [6.45, 7) is 12.8. The predicted molar refractivity (Wildman–Crippen MR) is 153 cm³/mol. The van der Waals surface area contributed by atoms with Crippen LogP contribution < -0.4 is 4.74 Å². The fourth-order valence-corrected chi connectivity index (χ4v) is 3.16. The molecule has 5 rings (SSSR count). The maximum Gasteiger partial charge on any atom is 0.341 e. The van der Waals surface area contributed by atoms with Crippen molar-refractivity contribution in [3.63, 3.8) is 0 Å². The Morgan fingerprint density at radius 1 is 0.951 bits per heavy atom. The van der Waals surface area contributed by atoms with Gasteiger partial charge in [-0.25, -0.2) is 18.6 Å². The highest BCUT2D eigenvalue weighted by atomic mass is 16.6. The van der Waals surface area contributed by atoms with Crippen LogP contribution >= 0.6 is 0 Å². The van der Waals surface area contributed by atoms with E-state index in [4.69, 9.17) is 18.9 Å². The van der Waals surface area contributed by atoms with E-state index in [1.807, 2.05) is 0 Å². The zero-order chi connectivity index (χ0) is 29.5. The Kier molecular flexibility index (Phi) is 11.2. The fraction of sp³-hybridized carbons (Fsp3) is 0.448. The van der Waals surface area contributed by atoms with Crippen molar-refractivity contribution >= 4 is 23.0 Å². The number of aliphatic hydroxyl groups is 1. The number of epoxide rings is 1. The van der Waals surface area contributed by atoms with Gasteiger partial charge in [-0.05, 0) is 65.8 Å². The lowest BCUT2D eigenvalue weighted by molar-refractivity contribution is 0.0283. The van der Waals surface area contributed by atoms with Crippen LogP contribution in [0.5, 0.6) is 11.5 Å². The van der Waals surface area contributed by atoms with Gasteiger partial charge in [-0.2, -0.15) is 10.2 Å². The molecule has 12 heteroatoms. The summed E-state index contributed by atoms with van der Waals surface area (Å²) < 4.78 is 23.2. The van der Waals surface area contributed by atoms with E-state index in [1.165, 1.54) is 29.2 Å². The van der Waals surface area contributed by atoms with Crippen molar-refractivity contribution < 1.29 is 38.7 Å². The molecule has 4 aromatic rings. The molecule has 1 saturated heterocycles. The molecule has 0 aromatic carbocycles. The van der Waals surface area contributed by atoms with Crippen molar-refractivity contribution in [3.05, 3.63) is 60.2 Å². The second kappa shape index (κ2) is 14.0. The molecule has 0 bridgehead atoms. The zero-order valence-electron chi connectivity index (χ0n) is 23.6. The Hall–Kier alpha value is -4.16. The number of carbonyl (C=O) groups excluding carboxylic acids is 2. The van der Waals surface area contributed by atoms with Gasteiger partial charge in [-0.1, -0.05) is 7.43 Å². The third-order valence-electron chi connectivity index (χ3n) is 5.29. The Morgan fingerprint density at radius 2 is 1.41 bits per heavy atom. The number of rotatable bonds is 7. The molecule has 5 heterocycles. The summed E-state index contributed by atoms with van der Waals surface area (Å²) in [5, 5.41) is 26.9. The normalized spacial score (nSPS) is 13.1. The Balaban J connectivity index is 0.000000246. The van der Waals surface area contributed by atoms with E-state index in [0.29, 0.717) is 41.1 Å². The van der Waals surface area contributed by atoms with Gasteiger partial charge in [0.15, 0.2) is 0 Å². The molecule has 12 nitrogen and oxygen atoms in total. The number of aromatic hydroxyl groups is 1. The molecule has 1 aliphatic rings. The third kappa shape index (κ3) is 9.76. The van der Waals surface area contributed by atoms with Crippen LogP contribution in [0.3, 0.4) is 0 Å². The molecule has 224 valence electrons. The van der Waals surface area contributed by atoms with E-state index in [-0.39, 0.29) is 25.4 Å². The van der Waals surface area contributed by atoms with Gasteiger partial charge in [-0.15, -0.1) is 0 Å². The quantitative estimate of drug-likeness (QED) is 0.242. The first-order chi connectivity index (χ1) is 18.8. The molecule has 0 amide bonds. The lowest BCUT2D eigenvalue weighted by atomic mass is 10.2. The van der Waals surface area contributed by atoms with Gasteiger partial charge >= 0.3 is 11.9 Å². The molecule has 0 atom stereocenters. The van der Waals surface area contributed by atoms with Gasteiger partial charge in [0.05, 0.1) is 66.8 Å². The van der Waals surface area contributed by atoms with Gasteiger partial charge in [0.2, 0.25) is 0 Å². The minimum atomic E-state index is -0.908. The third-order valence-corrected chi connectivity index (χ3v) is 5.29. The molecule has 0 aliphatic carbocycles.